The van der Waals surface area contributed by atoms with E-state index in [0.717, 1.165) is 45.4 Å². The Morgan fingerprint density at radius 3 is 2.59 bits per heavy atom. The van der Waals surface area contributed by atoms with E-state index in [1.165, 1.54) is 6.07 Å². The van der Waals surface area contributed by atoms with Crippen molar-refractivity contribution in [2.24, 2.45) is 5.41 Å². The van der Waals surface area contributed by atoms with Crippen LogP contribution in [-0.2, 0) is 12.7 Å². The van der Waals surface area contributed by atoms with Gasteiger partial charge in [0.1, 0.15) is 0 Å². The number of alkyl halides is 3. The molecule has 22 heavy (non-hydrogen) atoms. The largest absolute Gasteiger partial charge is 0.416 e. The SMILES string of the molecule is FC(F)(F)c1cc(Br)ccc1CN1CCC2(CCNCC2)C1. The number of nitrogens with one attached hydrogen (secondary N) is 1. The number of halogens is 4. The van der Waals surface area contributed by atoms with Crippen molar-refractivity contribution >= 4 is 15.9 Å². The van der Waals surface area contributed by atoms with Crippen molar-refractivity contribution in [3.8, 4) is 0 Å². The average molecular weight is 377 g/mol. The number of likely N-dealkylation sites (tertiary alicyclic amines) is 1. The Bertz CT molecular complexity index is 539. The van der Waals surface area contributed by atoms with Gasteiger partial charge in [-0.1, -0.05) is 22.0 Å². The predicted octanol–water partition coefficient (Wildman–Crippen LogP) is 4.04. The molecule has 1 N–H and O–H groups in total. The first-order chi connectivity index (χ1) is 10.4. The van der Waals surface area contributed by atoms with E-state index in [1.807, 2.05) is 0 Å². The molecular weight excluding hydrogens is 357 g/mol. The fraction of sp³-hybridized carbons (Fsp3) is 0.625. The van der Waals surface area contributed by atoms with E-state index in [9.17, 15) is 13.2 Å². The van der Waals surface area contributed by atoms with Crippen molar-refractivity contribution in [2.75, 3.05) is 26.2 Å². The standard InChI is InChI=1S/C16H20BrF3N2/c17-13-2-1-12(14(9-13)16(18,19)20)10-22-8-5-15(11-22)3-6-21-7-4-15/h1-2,9,21H,3-8,10-11H2. The van der Waals surface area contributed by atoms with Crippen LogP contribution in [0, 0.1) is 5.41 Å². The van der Waals surface area contributed by atoms with Gasteiger partial charge in [0.25, 0.3) is 0 Å². The molecule has 0 amide bonds. The molecule has 1 spiro atoms. The summed E-state index contributed by atoms with van der Waals surface area (Å²) < 4.78 is 40.1. The van der Waals surface area contributed by atoms with Crippen molar-refractivity contribution in [2.45, 2.75) is 32.0 Å². The number of nitrogens with zero attached hydrogens (tertiary/aromatic N) is 1. The van der Waals surface area contributed by atoms with Crippen LogP contribution in [0.3, 0.4) is 0 Å². The van der Waals surface area contributed by atoms with Crippen LogP contribution in [-0.4, -0.2) is 31.1 Å². The van der Waals surface area contributed by atoms with Gasteiger partial charge in [-0.15, -0.1) is 0 Å². The molecule has 3 rings (SSSR count). The lowest BCUT2D eigenvalue weighted by atomic mass is 9.78. The zero-order valence-electron chi connectivity index (χ0n) is 12.3. The van der Waals surface area contributed by atoms with Gasteiger partial charge in [-0.05, 0) is 62.0 Å². The second kappa shape index (κ2) is 6.13. The van der Waals surface area contributed by atoms with E-state index in [2.05, 4.69) is 26.1 Å². The van der Waals surface area contributed by atoms with Crippen molar-refractivity contribution in [3.63, 3.8) is 0 Å². The Hall–Kier alpha value is -0.590. The monoisotopic (exact) mass is 376 g/mol. The van der Waals surface area contributed by atoms with Gasteiger partial charge in [0.05, 0.1) is 5.56 Å². The Labute approximate surface area is 137 Å². The highest BCUT2D eigenvalue weighted by Crippen LogP contribution is 2.40. The van der Waals surface area contributed by atoms with Gasteiger partial charge in [-0.2, -0.15) is 13.2 Å². The summed E-state index contributed by atoms with van der Waals surface area (Å²) in [6.07, 6.45) is -0.927. The number of hydrogen-bond acceptors (Lipinski definition) is 2. The molecule has 0 unspecified atom stereocenters. The van der Waals surface area contributed by atoms with E-state index in [0.29, 0.717) is 22.0 Å². The van der Waals surface area contributed by atoms with Gasteiger partial charge in [-0.25, -0.2) is 0 Å². The molecule has 2 saturated heterocycles. The number of benzene rings is 1. The zero-order chi connectivity index (χ0) is 15.8. The van der Waals surface area contributed by atoms with Crippen molar-refractivity contribution in [3.05, 3.63) is 33.8 Å². The Balaban J connectivity index is 1.74. The maximum atomic E-state index is 13.2. The van der Waals surface area contributed by atoms with Crippen LogP contribution in [0.4, 0.5) is 13.2 Å². The highest BCUT2D eigenvalue weighted by molar-refractivity contribution is 9.10. The van der Waals surface area contributed by atoms with Crippen molar-refractivity contribution < 1.29 is 13.2 Å². The lowest BCUT2D eigenvalue weighted by Crippen LogP contribution is -2.38. The molecule has 2 aliphatic heterocycles. The first-order valence-electron chi connectivity index (χ1n) is 7.67. The van der Waals surface area contributed by atoms with E-state index in [1.54, 1.807) is 12.1 Å². The van der Waals surface area contributed by atoms with Crippen LogP contribution in [0.2, 0.25) is 0 Å². The average Bonchev–Trinajstić information content (AvgIpc) is 2.83. The number of hydrogen-bond donors (Lipinski definition) is 1. The molecule has 2 nitrogen and oxygen atoms in total. The second-order valence-corrected chi connectivity index (χ2v) is 7.43. The Kier molecular flexibility index (Phi) is 4.54. The van der Waals surface area contributed by atoms with Crippen LogP contribution in [0.1, 0.15) is 30.4 Å². The number of piperidine rings is 1. The Morgan fingerprint density at radius 1 is 1.18 bits per heavy atom. The summed E-state index contributed by atoms with van der Waals surface area (Å²) in [6, 6.07) is 4.48. The van der Waals surface area contributed by atoms with Crippen LogP contribution >= 0.6 is 15.9 Å². The zero-order valence-corrected chi connectivity index (χ0v) is 13.9. The fourth-order valence-electron chi connectivity index (χ4n) is 3.72. The normalized spacial score (nSPS) is 22.4. The topological polar surface area (TPSA) is 15.3 Å². The fourth-order valence-corrected chi connectivity index (χ4v) is 4.08. The number of rotatable bonds is 2. The summed E-state index contributed by atoms with van der Waals surface area (Å²) >= 11 is 3.14. The first-order valence-corrected chi connectivity index (χ1v) is 8.46. The molecule has 0 radical (unpaired) electrons. The van der Waals surface area contributed by atoms with Crippen LogP contribution in [0.5, 0.6) is 0 Å². The lowest BCUT2D eigenvalue weighted by Gasteiger charge is -2.34. The summed E-state index contributed by atoms with van der Waals surface area (Å²) in [4.78, 5) is 2.18. The molecule has 2 fully saturated rings. The minimum atomic E-state index is -4.30. The van der Waals surface area contributed by atoms with Crippen molar-refractivity contribution in [1.29, 1.82) is 0 Å². The highest BCUT2D eigenvalue weighted by Gasteiger charge is 2.40. The van der Waals surface area contributed by atoms with Crippen molar-refractivity contribution in [1.82, 2.24) is 10.2 Å². The molecule has 1 aromatic carbocycles. The molecule has 0 atom stereocenters. The summed E-state index contributed by atoms with van der Waals surface area (Å²) in [7, 11) is 0. The molecular formula is C16H20BrF3N2. The predicted molar refractivity (Wildman–Crippen MR) is 83.6 cm³/mol. The van der Waals surface area contributed by atoms with E-state index < -0.39 is 11.7 Å². The molecule has 0 saturated carbocycles. The summed E-state index contributed by atoms with van der Waals surface area (Å²) in [5.74, 6) is 0. The molecule has 0 bridgehead atoms. The first kappa shape index (κ1) is 16.3. The van der Waals surface area contributed by atoms with Gasteiger partial charge in [0, 0.05) is 17.6 Å². The van der Waals surface area contributed by atoms with E-state index in [-0.39, 0.29) is 0 Å². The maximum absolute atomic E-state index is 13.2. The van der Waals surface area contributed by atoms with Gasteiger partial charge in [0.2, 0.25) is 0 Å². The smallest absolute Gasteiger partial charge is 0.317 e. The van der Waals surface area contributed by atoms with Crippen LogP contribution in [0.25, 0.3) is 0 Å². The van der Waals surface area contributed by atoms with Gasteiger partial charge >= 0.3 is 6.18 Å². The third-order valence-electron chi connectivity index (χ3n) is 4.95. The maximum Gasteiger partial charge on any atom is 0.416 e. The quantitative estimate of drug-likeness (QED) is 0.837. The molecule has 122 valence electrons. The molecule has 1 aromatic rings. The summed E-state index contributed by atoms with van der Waals surface area (Å²) in [5.41, 5.74) is 0.175. The van der Waals surface area contributed by atoms with E-state index >= 15 is 0 Å². The van der Waals surface area contributed by atoms with Crippen LogP contribution < -0.4 is 5.32 Å². The van der Waals surface area contributed by atoms with Gasteiger partial charge in [-0.3, -0.25) is 4.90 Å². The Morgan fingerprint density at radius 2 is 1.91 bits per heavy atom. The third kappa shape index (κ3) is 3.49. The minimum Gasteiger partial charge on any atom is -0.317 e. The second-order valence-electron chi connectivity index (χ2n) is 6.51. The third-order valence-corrected chi connectivity index (χ3v) is 5.45. The van der Waals surface area contributed by atoms with Crippen LogP contribution in [0.15, 0.2) is 22.7 Å². The molecule has 6 heteroatoms. The summed E-state index contributed by atoms with van der Waals surface area (Å²) in [6.45, 7) is 4.26. The molecule has 0 aromatic heterocycles. The van der Waals surface area contributed by atoms with Gasteiger partial charge in [0.15, 0.2) is 0 Å². The van der Waals surface area contributed by atoms with Gasteiger partial charge < -0.3 is 5.32 Å². The molecule has 2 heterocycles. The minimum absolute atomic E-state index is 0.318. The lowest BCUT2D eigenvalue weighted by molar-refractivity contribution is -0.138. The van der Waals surface area contributed by atoms with E-state index in [4.69, 9.17) is 0 Å². The molecule has 2 aliphatic rings. The highest BCUT2D eigenvalue weighted by atomic mass is 79.9. The summed E-state index contributed by atoms with van der Waals surface area (Å²) in [5, 5.41) is 3.36. The molecule has 0 aliphatic carbocycles.